The van der Waals surface area contributed by atoms with Crippen molar-refractivity contribution in [3.8, 4) is 11.5 Å². The smallest absolute Gasteiger partial charge is 0.124 e. The summed E-state index contributed by atoms with van der Waals surface area (Å²) in [6, 6.07) is 5.88. The van der Waals surface area contributed by atoms with Crippen LogP contribution in [0.2, 0.25) is 0 Å². The molecule has 1 unspecified atom stereocenters. The van der Waals surface area contributed by atoms with Crippen LogP contribution in [0.4, 0.5) is 0 Å². The van der Waals surface area contributed by atoms with Gasteiger partial charge in [0.05, 0.1) is 13.7 Å². The van der Waals surface area contributed by atoms with E-state index in [9.17, 15) is 0 Å². The third kappa shape index (κ3) is 5.49. The second-order valence-electron chi connectivity index (χ2n) is 4.53. The number of methoxy groups -OCH3 is 2. The molecule has 0 aliphatic heterocycles. The van der Waals surface area contributed by atoms with Gasteiger partial charge < -0.3 is 19.5 Å². The summed E-state index contributed by atoms with van der Waals surface area (Å²) < 4.78 is 16.2. The van der Waals surface area contributed by atoms with E-state index in [1.165, 1.54) is 0 Å². The van der Waals surface area contributed by atoms with E-state index in [2.05, 4.69) is 12.2 Å². The van der Waals surface area contributed by atoms with Gasteiger partial charge in [-0.1, -0.05) is 6.92 Å². The molecule has 1 aromatic rings. The lowest BCUT2D eigenvalue weighted by atomic mass is 10.2. The van der Waals surface area contributed by atoms with E-state index in [0.29, 0.717) is 6.61 Å². The van der Waals surface area contributed by atoms with Gasteiger partial charge in [0.2, 0.25) is 0 Å². The Hall–Kier alpha value is -1.26. The van der Waals surface area contributed by atoms with Crippen LogP contribution < -0.4 is 14.8 Å². The molecule has 4 heteroatoms. The largest absolute Gasteiger partial charge is 0.497 e. The number of nitrogens with one attached hydrogen (secondary N) is 1. The van der Waals surface area contributed by atoms with Gasteiger partial charge in [-0.25, -0.2) is 0 Å². The second-order valence-corrected chi connectivity index (χ2v) is 4.53. The summed E-state index contributed by atoms with van der Waals surface area (Å²) in [6.45, 7) is 6.49. The van der Waals surface area contributed by atoms with Crippen LogP contribution in [0.5, 0.6) is 11.5 Å². The van der Waals surface area contributed by atoms with Gasteiger partial charge in [-0.05, 0) is 38.1 Å². The average Bonchev–Trinajstić information content (AvgIpc) is 2.41. The zero-order chi connectivity index (χ0) is 14.1. The number of hydrogen-bond acceptors (Lipinski definition) is 4. The Morgan fingerprint density at radius 3 is 2.68 bits per heavy atom. The molecular formula is C15H25NO3. The average molecular weight is 267 g/mol. The molecule has 1 rings (SSSR count). The summed E-state index contributed by atoms with van der Waals surface area (Å²) in [5.41, 5.74) is 1.11. The first-order chi connectivity index (χ1) is 9.21. The zero-order valence-corrected chi connectivity index (χ0v) is 12.4. The molecule has 0 saturated heterocycles. The monoisotopic (exact) mass is 267 g/mol. The maximum atomic E-state index is 5.90. The van der Waals surface area contributed by atoms with Gasteiger partial charge >= 0.3 is 0 Å². The maximum Gasteiger partial charge on any atom is 0.124 e. The summed E-state index contributed by atoms with van der Waals surface area (Å²) in [6.07, 6.45) is 1.14. The van der Waals surface area contributed by atoms with Crippen molar-refractivity contribution in [2.24, 2.45) is 0 Å². The first-order valence-corrected chi connectivity index (χ1v) is 6.74. The van der Waals surface area contributed by atoms with E-state index < -0.39 is 0 Å². The van der Waals surface area contributed by atoms with Gasteiger partial charge in [-0.3, -0.25) is 0 Å². The normalized spacial score (nSPS) is 12.2. The Morgan fingerprint density at radius 1 is 1.26 bits per heavy atom. The van der Waals surface area contributed by atoms with Crippen LogP contribution in [0.25, 0.3) is 0 Å². The van der Waals surface area contributed by atoms with Crippen molar-refractivity contribution in [3.05, 3.63) is 23.8 Å². The Bertz CT molecular complexity index is 368. The molecule has 108 valence electrons. The van der Waals surface area contributed by atoms with E-state index in [-0.39, 0.29) is 6.10 Å². The molecule has 0 amide bonds. The van der Waals surface area contributed by atoms with E-state index >= 15 is 0 Å². The van der Waals surface area contributed by atoms with Crippen LogP contribution >= 0.6 is 0 Å². The minimum Gasteiger partial charge on any atom is -0.497 e. The van der Waals surface area contributed by atoms with Gasteiger partial charge in [-0.2, -0.15) is 0 Å². The molecular weight excluding hydrogens is 242 g/mol. The first-order valence-electron chi connectivity index (χ1n) is 6.74. The zero-order valence-electron chi connectivity index (χ0n) is 12.4. The summed E-state index contributed by atoms with van der Waals surface area (Å²) in [7, 11) is 3.35. The summed E-state index contributed by atoms with van der Waals surface area (Å²) >= 11 is 0. The van der Waals surface area contributed by atoms with Crippen molar-refractivity contribution in [1.82, 2.24) is 5.32 Å². The van der Waals surface area contributed by atoms with Crippen molar-refractivity contribution in [2.75, 3.05) is 27.4 Å². The second kappa shape index (κ2) is 8.77. The summed E-state index contributed by atoms with van der Waals surface area (Å²) in [4.78, 5) is 0. The SMILES string of the molecule is CCCNCc1cc(OC)ccc1OC(C)COC. The number of hydrogen-bond donors (Lipinski definition) is 1. The van der Waals surface area contributed by atoms with E-state index in [1.807, 2.05) is 25.1 Å². The highest BCUT2D eigenvalue weighted by atomic mass is 16.5. The Labute approximate surface area is 116 Å². The van der Waals surface area contributed by atoms with Crippen molar-refractivity contribution in [2.45, 2.75) is 32.9 Å². The fraction of sp³-hybridized carbons (Fsp3) is 0.600. The molecule has 0 aromatic heterocycles. The van der Waals surface area contributed by atoms with Gasteiger partial charge in [0.1, 0.15) is 17.6 Å². The lowest BCUT2D eigenvalue weighted by Crippen LogP contribution is -2.20. The molecule has 0 aliphatic rings. The molecule has 0 fully saturated rings. The van der Waals surface area contributed by atoms with Crippen LogP contribution in [0, 0.1) is 0 Å². The molecule has 0 radical (unpaired) electrons. The van der Waals surface area contributed by atoms with Crippen LogP contribution in [-0.2, 0) is 11.3 Å². The quantitative estimate of drug-likeness (QED) is 0.698. The minimum absolute atomic E-state index is 0.0309. The third-order valence-corrected chi connectivity index (χ3v) is 2.74. The molecule has 4 nitrogen and oxygen atoms in total. The molecule has 1 atom stereocenters. The Balaban J connectivity index is 2.76. The van der Waals surface area contributed by atoms with E-state index in [4.69, 9.17) is 14.2 Å². The molecule has 0 spiro atoms. The molecule has 0 saturated carbocycles. The van der Waals surface area contributed by atoms with Gasteiger partial charge in [0, 0.05) is 19.2 Å². The number of ether oxygens (including phenoxy) is 3. The number of benzene rings is 1. The minimum atomic E-state index is 0.0309. The van der Waals surface area contributed by atoms with Crippen LogP contribution in [0.1, 0.15) is 25.8 Å². The molecule has 1 aromatic carbocycles. The lowest BCUT2D eigenvalue weighted by molar-refractivity contribution is 0.0913. The van der Waals surface area contributed by atoms with Crippen molar-refractivity contribution in [1.29, 1.82) is 0 Å². The highest BCUT2D eigenvalue weighted by molar-refractivity contribution is 5.40. The van der Waals surface area contributed by atoms with Gasteiger partial charge in [-0.15, -0.1) is 0 Å². The molecule has 0 aliphatic carbocycles. The van der Waals surface area contributed by atoms with Crippen LogP contribution in [0.15, 0.2) is 18.2 Å². The topological polar surface area (TPSA) is 39.7 Å². The van der Waals surface area contributed by atoms with Crippen molar-refractivity contribution in [3.63, 3.8) is 0 Å². The molecule has 0 heterocycles. The van der Waals surface area contributed by atoms with Crippen molar-refractivity contribution >= 4 is 0 Å². The van der Waals surface area contributed by atoms with E-state index in [0.717, 1.165) is 36.6 Å². The predicted molar refractivity (Wildman–Crippen MR) is 77.0 cm³/mol. The number of rotatable bonds is 9. The highest BCUT2D eigenvalue weighted by Gasteiger charge is 2.09. The lowest BCUT2D eigenvalue weighted by Gasteiger charge is -2.18. The standard InChI is InChI=1S/C15H25NO3/c1-5-8-16-10-13-9-14(18-4)6-7-15(13)19-12(2)11-17-3/h6-7,9,12,16H,5,8,10-11H2,1-4H3. The van der Waals surface area contributed by atoms with Gasteiger partial charge in [0.15, 0.2) is 0 Å². The fourth-order valence-corrected chi connectivity index (χ4v) is 1.82. The first kappa shape index (κ1) is 15.8. The Kier molecular flexibility index (Phi) is 7.30. The predicted octanol–water partition coefficient (Wildman–Crippen LogP) is 2.61. The fourth-order valence-electron chi connectivity index (χ4n) is 1.82. The molecule has 0 bridgehead atoms. The maximum absolute atomic E-state index is 5.90. The summed E-state index contributed by atoms with van der Waals surface area (Å²) in [5.74, 6) is 1.73. The van der Waals surface area contributed by atoms with Crippen LogP contribution in [0.3, 0.4) is 0 Å². The molecule has 1 N–H and O–H groups in total. The van der Waals surface area contributed by atoms with Crippen LogP contribution in [-0.4, -0.2) is 33.5 Å². The Morgan fingerprint density at radius 2 is 2.05 bits per heavy atom. The van der Waals surface area contributed by atoms with Crippen molar-refractivity contribution < 1.29 is 14.2 Å². The van der Waals surface area contributed by atoms with Gasteiger partial charge in [0.25, 0.3) is 0 Å². The third-order valence-electron chi connectivity index (χ3n) is 2.74. The van der Waals surface area contributed by atoms with E-state index in [1.54, 1.807) is 14.2 Å². The highest BCUT2D eigenvalue weighted by Crippen LogP contribution is 2.25. The molecule has 19 heavy (non-hydrogen) atoms. The summed E-state index contributed by atoms with van der Waals surface area (Å²) in [5, 5.41) is 3.38.